The maximum atomic E-state index is 11.9. The van der Waals surface area contributed by atoms with Gasteiger partial charge in [-0.3, -0.25) is 4.79 Å². The zero-order valence-corrected chi connectivity index (χ0v) is 17.0. The van der Waals surface area contributed by atoms with Gasteiger partial charge in [-0.05, 0) is 79.6 Å². The molecule has 0 atom stereocenters. The smallest absolute Gasteiger partial charge is 0.342 e. The van der Waals surface area contributed by atoms with E-state index in [1.165, 1.54) is 6.92 Å². The highest BCUT2D eigenvalue weighted by atomic mass is 79.9. The summed E-state index contributed by atoms with van der Waals surface area (Å²) in [6.07, 6.45) is 0. The van der Waals surface area contributed by atoms with E-state index in [-0.39, 0.29) is 11.3 Å². The van der Waals surface area contributed by atoms with Crippen molar-refractivity contribution in [2.24, 2.45) is 0 Å². The van der Waals surface area contributed by atoms with E-state index in [1.54, 1.807) is 0 Å². The number of ether oxygens (including phenoxy) is 2. The number of fused-ring (bicyclic) bond motifs is 1. The third-order valence-corrected chi connectivity index (χ3v) is 6.20. The van der Waals surface area contributed by atoms with E-state index in [9.17, 15) is 9.59 Å². The summed E-state index contributed by atoms with van der Waals surface area (Å²) in [5.74, 6) is -0.825. The first-order valence-corrected chi connectivity index (χ1v) is 8.63. The number of hydrogen-bond acceptors (Lipinski definition) is 4. The lowest BCUT2D eigenvalue weighted by molar-refractivity contribution is -0.132. The van der Waals surface area contributed by atoms with Crippen molar-refractivity contribution in [1.82, 2.24) is 0 Å². The lowest BCUT2D eigenvalue weighted by Crippen LogP contribution is -2.09. The van der Waals surface area contributed by atoms with Crippen LogP contribution in [0, 0.1) is 0 Å². The van der Waals surface area contributed by atoms with Crippen molar-refractivity contribution in [3.63, 3.8) is 0 Å². The highest BCUT2D eigenvalue weighted by molar-refractivity contribution is 9.24. The van der Waals surface area contributed by atoms with E-state index < -0.39 is 15.4 Å². The molecule has 1 aliphatic heterocycles. The monoisotopic (exact) mass is 582 g/mol. The zero-order chi connectivity index (χ0) is 14.5. The summed E-state index contributed by atoms with van der Waals surface area (Å²) >= 11 is 16.5. The molecule has 2 rings (SSSR count). The van der Waals surface area contributed by atoms with Crippen molar-refractivity contribution < 1.29 is 19.1 Å². The van der Waals surface area contributed by atoms with E-state index >= 15 is 0 Å². The Morgan fingerprint density at radius 2 is 1.74 bits per heavy atom. The standard InChI is InChI=1S/C10H3Br5O4/c1-2(16)18-8-5(11)3-4(6(12)7(8)13)10(14,15)19-9(3)17/h1H3. The third-order valence-electron chi connectivity index (χ3n) is 2.24. The van der Waals surface area contributed by atoms with Gasteiger partial charge in [-0.15, -0.1) is 0 Å². The molecule has 0 unspecified atom stereocenters. The van der Waals surface area contributed by atoms with E-state index in [1.807, 2.05) is 0 Å². The minimum absolute atomic E-state index is 0.216. The van der Waals surface area contributed by atoms with Crippen molar-refractivity contribution >= 4 is 91.6 Å². The molecule has 0 saturated heterocycles. The molecule has 0 saturated carbocycles. The number of carbonyl (C=O) groups excluding carboxylic acids is 2. The first-order chi connectivity index (χ1) is 8.66. The van der Waals surface area contributed by atoms with Gasteiger partial charge >= 0.3 is 11.9 Å². The second kappa shape index (κ2) is 5.40. The number of esters is 2. The van der Waals surface area contributed by atoms with Gasteiger partial charge in [0.1, 0.15) is 0 Å². The maximum Gasteiger partial charge on any atom is 0.342 e. The van der Waals surface area contributed by atoms with Gasteiger partial charge in [0.05, 0.1) is 14.5 Å². The molecule has 0 aromatic heterocycles. The van der Waals surface area contributed by atoms with Crippen LogP contribution in [0.5, 0.6) is 5.75 Å². The Kier molecular flexibility index (Phi) is 4.53. The van der Waals surface area contributed by atoms with Gasteiger partial charge in [-0.25, -0.2) is 4.79 Å². The number of halogens is 5. The molecule has 1 aromatic carbocycles. The summed E-state index contributed by atoms with van der Waals surface area (Å²) in [5.41, 5.74) is 0.826. The minimum Gasteiger partial charge on any atom is -0.429 e. The molecular weight excluding hydrogens is 584 g/mol. The van der Waals surface area contributed by atoms with Gasteiger partial charge < -0.3 is 9.47 Å². The fourth-order valence-corrected chi connectivity index (χ4v) is 5.21. The fourth-order valence-electron chi connectivity index (χ4n) is 1.56. The van der Waals surface area contributed by atoms with Crippen LogP contribution in [0.2, 0.25) is 0 Å². The van der Waals surface area contributed by atoms with Crippen molar-refractivity contribution in [2.45, 2.75) is 10.3 Å². The van der Waals surface area contributed by atoms with E-state index in [0.29, 0.717) is 19.0 Å². The average molecular weight is 587 g/mol. The predicted molar refractivity (Wildman–Crippen MR) is 85.8 cm³/mol. The quantitative estimate of drug-likeness (QED) is 0.202. The summed E-state index contributed by atoms with van der Waals surface area (Å²) in [6, 6.07) is 0. The summed E-state index contributed by atoms with van der Waals surface area (Å²) in [4.78, 5) is 23.0. The van der Waals surface area contributed by atoms with Crippen molar-refractivity contribution in [3.05, 3.63) is 24.5 Å². The minimum atomic E-state index is -1.12. The normalized spacial score (nSPS) is 16.0. The number of cyclic esters (lactones) is 1. The van der Waals surface area contributed by atoms with Crippen LogP contribution < -0.4 is 4.74 Å². The van der Waals surface area contributed by atoms with Gasteiger partial charge in [-0.1, -0.05) is 0 Å². The summed E-state index contributed by atoms with van der Waals surface area (Å²) < 4.78 is 10.5. The molecule has 4 nitrogen and oxygen atoms in total. The number of rotatable bonds is 1. The van der Waals surface area contributed by atoms with Crippen molar-refractivity contribution in [3.8, 4) is 5.75 Å². The van der Waals surface area contributed by atoms with Crippen LogP contribution in [-0.4, -0.2) is 11.9 Å². The molecule has 0 N–H and O–H groups in total. The lowest BCUT2D eigenvalue weighted by Gasteiger charge is -2.17. The van der Waals surface area contributed by atoms with Crippen molar-refractivity contribution in [1.29, 1.82) is 0 Å². The summed E-state index contributed by atoms with van der Waals surface area (Å²) in [5, 5.41) is 0. The molecule has 1 aromatic rings. The molecule has 0 spiro atoms. The van der Waals surface area contributed by atoms with E-state index in [0.717, 1.165) is 0 Å². The number of hydrogen-bond donors (Lipinski definition) is 0. The zero-order valence-electron chi connectivity index (χ0n) is 9.02. The predicted octanol–water partition coefficient (Wildman–Crippen LogP) is 4.97. The van der Waals surface area contributed by atoms with Crippen LogP contribution >= 0.6 is 79.6 Å². The molecule has 0 amide bonds. The first kappa shape index (κ1) is 15.9. The Morgan fingerprint density at radius 3 is 2.26 bits per heavy atom. The fraction of sp³-hybridized carbons (Fsp3) is 0.200. The van der Waals surface area contributed by atoms with Gasteiger partial charge in [0.2, 0.25) is 3.42 Å². The third kappa shape index (κ3) is 2.68. The Balaban J connectivity index is 2.80. The molecule has 102 valence electrons. The van der Waals surface area contributed by atoms with E-state index in [4.69, 9.17) is 9.47 Å². The highest BCUT2D eigenvalue weighted by Gasteiger charge is 2.46. The molecule has 0 aliphatic carbocycles. The SMILES string of the molecule is CC(=O)Oc1c(Br)c(Br)c2c(c1Br)C(=O)OC2(Br)Br. The van der Waals surface area contributed by atoms with Gasteiger partial charge in [0.15, 0.2) is 5.75 Å². The van der Waals surface area contributed by atoms with Crippen LogP contribution in [-0.2, 0) is 13.0 Å². The van der Waals surface area contributed by atoms with Crippen LogP contribution in [0.3, 0.4) is 0 Å². The molecule has 0 fully saturated rings. The number of alkyl halides is 2. The molecule has 1 heterocycles. The van der Waals surface area contributed by atoms with Gasteiger partial charge in [-0.2, -0.15) is 0 Å². The Hall–Kier alpha value is 0.560. The Bertz CT molecular complexity index is 611. The highest BCUT2D eigenvalue weighted by Crippen LogP contribution is 2.56. The second-order valence-electron chi connectivity index (χ2n) is 3.52. The average Bonchev–Trinajstić information content (AvgIpc) is 2.51. The topological polar surface area (TPSA) is 52.6 Å². The second-order valence-corrected chi connectivity index (χ2v) is 9.20. The Morgan fingerprint density at radius 1 is 1.16 bits per heavy atom. The van der Waals surface area contributed by atoms with Gasteiger partial charge in [0, 0.05) is 17.0 Å². The molecular formula is C10H3Br5O4. The Labute approximate surface area is 150 Å². The van der Waals surface area contributed by atoms with Crippen LogP contribution in [0.4, 0.5) is 0 Å². The lowest BCUT2D eigenvalue weighted by atomic mass is 10.1. The molecule has 0 radical (unpaired) electrons. The van der Waals surface area contributed by atoms with Crippen LogP contribution in [0.1, 0.15) is 22.8 Å². The maximum absolute atomic E-state index is 11.9. The van der Waals surface area contributed by atoms with Crippen LogP contribution in [0.25, 0.3) is 0 Å². The molecule has 1 aliphatic rings. The molecule has 9 heteroatoms. The summed E-state index contributed by atoms with van der Waals surface area (Å²) in [7, 11) is 0. The van der Waals surface area contributed by atoms with E-state index in [2.05, 4.69) is 79.6 Å². The van der Waals surface area contributed by atoms with Crippen LogP contribution in [0.15, 0.2) is 13.4 Å². The number of carbonyl (C=O) groups is 2. The first-order valence-electron chi connectivity index (χ1n) is 4.67. The molecule has 19 heavy (non-hydrogen) atoms. The molecule has 0 bridgehead atoms. The summed E-state index contributed by atoms with van der Waals surface area (Å²) in [6.45, 7) is 1.28. The van der Waals surface area contributed by atoms with Crippen molar-refractivity contribution in [2.75, 3.05) is 0 Å². The van der Waals surface area contributed by atoms with Gasteiger partial charge in [0.25, 0.3) is 0 Å². The largest absolute Gasteiger partial charge is 0.429 e. The number of benzene rings is 1.